The molecule has 3 unspecified atom stereocenters. The zero-order valence-electron chi connectivity index (χ0n) is 22.2. The Balaban J connectivity index is 1.10. The molecule has 200 valence electrons. The van der Waals surface area contributed by atoms with Gasteiger partial charge in [0.15, 0.2) is 0 Å². The first-order valence-electron chi connectivity index (χ1n) is 13.7. The highest BCUT2D eigenvalue weighted by Gasteiger charge is 2.23. The lowest BCUT2D eigenvalue weighted by Gasteiger charge is -2.24. The summed E-state index contributed by atoms with van der Waals surface area (Å²) >= 11 is 0. The molecule has 0 bridgehead atoms. The van der Waals surface area contributed by atoms with Gasteiger partial charge in [0.05, 0.1) is 39.6 Å². The maximum atomic E-state index is 6.07. The first-order valence-corrected chi connectivity index (χ1v) is 13.7. The van der Waals surface area contributed by atoms with Crippen LogP contribution in [0.1, 0.15) is 61.6 Å². The smallest absolute Gasteiger partial charge is 0.122 e. The summed E-state index contributed by atoms with van der Waals surface area (Å²) in [5.74, 6) is 2.80. The summed E-state index contributed by atoms with van der Waals surface area (Å²) in [6.07, 6.45) is 6.32. The number of benzene rings is 2. The van der Waals surface area contributed by atoms with Gasteiger partial charge in [-0.05, 0) is 77.6 Å². The van der Waals surface area contributed by atoms with Crippen molar-refractivity contribution in [2.75, 3.05) is 52.9 Å². The average molecular weight is 509 g/mol. The summed E-state index contributed by atoms with van der Waals surface area (Å²) in [7, 11) is 0. The van der Waals surface area contributed by atoms with Crippen molar-refractivity contribution < 1.29 is 28.4 Å². The van der Waals surface area contributed by atoms with E-state index in [4.69, 9.17) is 28.4 Å². The van der Waals surface area contributed by atoms with E-state index in [1.54, 1.807) is 0 Å². The van der Waals surface area contributed by atoms with Gasteiger partial charge < -0.3 is 28.4 Å². The zero-order valence-corrected chi connectivity index (χ0v) is 22.2. The van der Waals surface area contributed by atoms with Crippen LogP contribution in [0.3, 0.4) is 0 Å². The Morgan fingerprint density at radius 3 is 2.11 bits per heavy atom. The molecule has 0 aromatic heterocycles. The Labute approximate surface area is 220 Å². The van der Waals surface area contributed by atoms with Crippen molar-refractivity contribution in [2.45, 2.75) is 57.2 Å². The van der Waals surface area contributed by atoms with Crippen LogP contribution in [-0.4, -0.2) is 65.1 Å². The molecule has 2 saturated heterocycles. The van der Waals surface area contributed by atoms with Crippen molar-refractivity contribution in [3.05, 3.63) is 65.2 Å². The van der Waals surface area contributed by atoms with Crippen LogP contribution in [0.4, 0.5) is 0 Å². The van der Waals surface area contributed by atoms with Gasteiger partial charge in [-0.15, -0.1) is 0 Å². The van der Waals surface area contributed by atoms with Gasteiger partial charge in [-0.3, -0.25) is 0 Å². The zero-order chi connectivity index (χ0) is 25.5. The Morgan fingerprint density at radius 2 is 1.51 bits per heavy atom. The Bertz CT molecular complexity index is 1020. The van der Waals surface area contributed by atoms with Crippen molar-refractivity contribution in [3.8, 4) is 11.5 Å². The Kier molecular flexibility index (Phi) is 9.16. The predicted molar refractivity (Wildman–Crippen MR) is 144 cm³/mol. The van der Waals surface area contributed by atoms with E-state index in [9.17, 15) is 0 Å². The third-order valence-electron chi connectivity index (χ3n) is 7.16. The summed E-state index contributed by atoms with van der Waals surface area (Å²) in [5, 5.41) is 0. The van der Waals surface area contributed by atoms with E-state index in [1.807, 2.05) is 0 Å². The lowest BCUT2D eigenvalue weighted by Crippen LogP contribution is -2.11. The summed E-state index contributed by atoms with van der Waals surface area (Å²) in [4.78, 5) is 0. The van der Waals surface area contributed by atoms with Crippen LogP contribution < -0.4 is 9.47 Å². The maximum Gasteiger partial charge on any atom is 0.122 e. The minimum atomic E-state index is 0.297. The standard InChI is InChI=1S/C31H40O6/c1-22(2)30-17-26(9-12-31(30)35-16-14-33-19-29-21-37-29)25-5-3-23(4-6-25)24-7-10-27(11-8-24)34-15-13-32-18-28-20-36-28/h5,7-12,17,22-23,28-29H,3-4,6,13-16,18-21H2,1-2H3. The fourth-order valence-corrected chi connectivity index (χ4v) is 4.75. The van der Waals surface area contributed by atoms with Gasteiger partial charge in [-0.25, -0.2) is 0 Å². The first-order chi connectivity index (χ1) is 18.2. The van der Waals surface area contributed by atoms with Gasteiger partial charge >= 0.3 is 0 Å². The molecular weight excluding hydrogens is 468 g/mol. The lowest BCUT2D eigenvalue weighted by molar-refractivity contribution is 0.0875. The van der Waals surface area contributed by atoms with Crippen molar-refractivity contribution in [1.29, 1.82) is 0 Å². The van der Waals surface area contributed by atoms with E-state index in [1.165, 1.54) is 22.3 Å². The summed E-state index contributed by atoms with van der Waals surface area (Å²) in [6, 6.07) is 15.2. The number of rotatable bonds is 15. The molecule has 0 spiro atoms. The number of hydrogen-bond donors (Lipinski definition) is 0. The van der Waals surface area contributed by atoms with Crippen LogP contribution in [0.2, 0.25) is 0 Å². The quantitative estimate of drug-likeness (QED) is 0.226. The third kappa shape index (κ3) is 8.05. The van der Waals surface area contributed by atoms with Crippen LogP contribution in [0.5, 0.6) is 11.5 Å². The van der Waals surface area contributed by atoms with E-state index in [-0.39, 0.29) is 0 Å². The number of hydrogen-bond acceptors (Lipinski definition) is 6. The predicted octanol–water partition coefficient (Wildman–Crippen LogP) is 5.75. The highest BCUT2D eigenvalue weighted by Crippen LogP contribution is 2.38. The minimum Gasteiger partial charge on any atom is -0.491 e. The largest absolute Gasteiger partial charge is 0.491 e. The minimum absolute atomic E-state index is 0.297. The van der Waals surface area contributed by atoms with E-state index in [0.29, 0.717) is 63.7 Å². The van der Waals surface area contributed by atoms with Crippen molar-refractivity contribution in [2.24, 2.45) is 0 Å². The fourth-order valence-electron chi connectivity index (χ4n) is 4.75. The first kappa shape index (κ1) is 26.2. The van der Waals surface area contributed by atoms with Crippen LogP contribution in [-0.2, 0) is 18.9 Å². The fraction of sp³-hybridized carbons (Fsp3) is 0.548. The van der Waals surface area contributed by atoms with Crippen molar-refractivity contribution >= 4 is 5.57 Å². The van der Waals surface area contributed by atoms with Crippen molar-refractivity contribution in [3.63, 3.8) is 0 Å². The molecule has 2 fully saturated rings. The molecule has 6 heteroatoms. The molecule has 0 radical (unpaired) electrons. The molecule has 0 amide bonds. The molecule has 37 heavy (non-hydrogen) atoms. The van der Waals surface area contributed by atoms with Gasteiger partial charge in [0.1, 0.15) is 36.9 Å². The molecule has 2 heterocycles. The van der Waals surface area contributed by atoms with Gasteiger partial charge in [0.25, 0.3) is 0 Å². The van der Waals surface area contributed by atoms with E-state index in [2.05, 4.69) is 62.4 Å². The normalized spacial score (nSPS) is 22.6. The molecule has 5 rings (SSSR count). The molecule has 6 nitrogen and oxygen atoms in total. The maximum absolute atomic E-state index is 6.07. The number of epoxide rings is 2. The second-order valence-corrected chi connectivity index (χ2v) is 10.4. The molecule has 3 aliphatic rings. The molecule has 2 aromatic rings. The highest BCUT2D eigenvalue weighted by molar-refractivity contribution is 5.68. The Hall–Kier alpha value is -2.38. The molecule has 3 atom stereocenters. The topological polar surface area (TPSA) is 62.0 Å². The summed E-state index contributed by atoms with van der Waals surface area (Å²) in [6.45, 7) is 9.73. The summed E-state index contributed by atoms with van der Waals surface area (Å²) in [5.41, 5.74) is 5.39. The van der Waals surface area contributed by atoms with E-state index in [0.717, 1.165) is 44.0 Å². The third-order valence-corrected chi connectivity index (χ3v) is 7.16. The molecule has 1 aliphatic carbocycles. The lowest BCUT2D eigenvalue weighted by atomic mass is 9.82. The molecule has 2 aromatic carbocycles. The second kappa shape index (κ2) is 12.9. The molecule has 0 N–H and O–H groups in total. The Morgan fingerprint density at radius 1 is 0.838 bits per heavy atom. The summed E-state index contributed by atoms with van der Waals surface area (Å²) < 4.78 is 33.3. The van der Waals surface area contributed by atoms with Crippen LogP contribution in [0.15, 0.2) is 48.5 Å². The van der Waals surface area contributed by atoms with Crippen molar-refractivity contribution in [1.82, 2.24) is 0 Å². The monoisotopic (exact) mass is 508 g/mol. The highest BCUT2D eigenvalue weighted by atomic mass is 16.6. The van der Waals surface area contributed by atoms with Gasteiger partial charge in [0, 0.05) is 0 Å². The molecular formula is C31H40O6. The average Bonchev–Trinajstić information content (AvgIpc) is 3.85. The van der Waals surface area contributed by atoms with Crippen LogP contribution in [0.25, 0.3) is 5.57 Å². The van der Waals surface area contributed by atoms with E-state index < -0.39 is 0 Å². The number of ether oxygens (including phenoxy) is 6. The van der Waals surface area contributed by atoms with Crippen LogP contribution in [0, 0.1) is 0 Å². The molecule has 2 aliphatic heterocycles. The second-order valence-electron chi connectivity index (χ2n) is 10.4. The SMILES string of the molecule is CC(C)c1cc(C2=CCC(c3ccc(OCCOCC4CO4)cc3)CC2)ccc1OCCOCC1CO1. The molecule has 0 saturated carbocycles. The van der Waals surface area contributed by atoms with Gasteiger partial charge in [0.2, 0.25) is 0 Å². The van der Waals surface area contributed by atoms with Gasteiger partial charge in [-0.1, -0.05) is 38.1 Å². The number of allylic oxidation sites excluding steroid dienone is 2. The van der Waals surface area contributed by atoms with E-state index >= 15 is 0 Å². The van der Waals surface area contributed by atoms with Gasteiger partial charge in [-0.2, -0.15) is 0 Å². The van der Waals surface area contributed by atoms with Crippen LogP contribution >= 0.6 is 0 Å².